The molecule has 0 aliphatic rings. The Bertz CT molecular complexity index is 197. The summed E-state index contributed by atoms with van der Waals surface area (Å²) in [5.74, 6) is -1.13. The molecule has 0 heterocycles. The van der Waals surface area contributed by atoms with Gasteiger partial charge in [0.05, 0.1) is 12.7 Å². The van der Waals surface area contributed by atoms with Crippen molar-refractivity contribution in [1.82, 2.24) is 5.32 Å². The minimum Gasteiger partial charge on any atom is -0.480 e. The van der Waals surface area contributed by atoms with E-state index >= 15 is 0 Å². The Morgan fingerprint density at radius 2 is 1.80 bits per heavy atom. The summed E-state index contributed by atoms with van der Waals surface area (Å²) in [6, 6.07) is -0.773. The molecule has 0 bridgehead atoms. The molecule has 0 amide bonds. The van der Waals surface area contributed by atoms with Gasteiger partial charge in [0.15, 0.2) is 0 Å². The molecule has 0 rings (SSSR count). The van der Waals surface area contributed by atoms with Gasteiger partial charge in [0, 0.05) is 6.54 Å². The van der Waals surface area contributed by atoms with Crippen LogP contribution in [-0.4, -0.2) is 57.8 Å². The number of aliphatic hydroxyl groups excluding tert-OH is 3. The number of carboxylic acids is 1. The highest BCUT2D eigenvalue weighted by Crippen LogP contribution is 2.02. The normalized spacial score (nSPS) is 17.5. The van der Waals surface area contributed by atoms with Gasteiger partial charge < -0.3 is 25.7 Å². The van der Waals surface area contributed by atoms with Crippen LogP contribution in [0.1, 0.15) is 13.8 Å². The van der Waals surface area contributed by atoms with Crippen LogP contribution < -0.4 is 5.32 Å². The average Bonchev–Trinajstić information content (AvgIpc) is 2.15. The topological polar surface area (TPSA) is 110 Å². The van der Waals surface area contributed by atoms with Crippen LogP contribution in [0.4, 0.5) is 0 Å². The fourth-order valence-corrected chi connectivity index (χ4v) is 1.11. The van der Waals surface area contributed by atoms with E-state index in [4.69, 9.17) is 15.3 Å². The summed E-state index contributed by atoms with van der Waals surface area (Å²) in [4.78, 5) is 10.7. The van der Waals surface area contributed by atoms with E-state index in [0.717, 1.165) is 0 Å². The van der Waals surface area contributed by atoms with Gasteiger partial charge in [-0.1, -0.05) is 13.8 Å². The van der Waals surface area contributed by atoms with Crippen LogP contribution in [-0.2, 0) is 4.79 Å². The van der Waals surface area contributed by atoms with Crippen LogP contribution in [0.2, 0.25) is 0 Å². The number of aliphatic hydroxyl groups is 3. The van der Waals surface area contributed by atoms with Crippen molar-refractivity contribution in [3.05, 3.63) is 0 Å². The quantitative estimate of drug-likeness (QED) is 0.354. The maximum atomic E-state index is 10.7. The summed E-state index contributed by atoms with van der Waals surface area (Å²) in [7, 11) is 0. The van der Waals surface area contributed by atoms with E-state index in [0.29, 0.717) is 0 Å². The lowest BCUT2D eigenvalue weighted by Crippen LogP contribution is -2.47. The molecule has 6 heteroatoms. The van der Waals surface area contributed by atoms with Gasteiger partial charge >= 0.3 is 5.97 Å². The maximum Gasteiger partial charge on any atom is 0.320 e. The Labute approximate surface area is 88.5 Å². The van der Waals surface area contributed by atoms with Gasteiger partial charge in [-0.25, -0.2) is 0 Å². The monoisotopic (exact) mass is 221 g/mol. The highest BCUT2D eigenvalue weighted by molar-refractivity contribution is 5.73. The predicted octanol–water partition coefficient (Wildman–Crippen LogP) is -1.60. The van der Waals surface area contributed by atoms with Crippen molar-refractivity contribution < 1.29 is 25.2 Å². The number of aliphatic carboxylic acids is 1. The van der Waals surface area contributed by atoms with Gasteiger partial charge in [0.25, 0.3) is 0 Å². The molecular weight excluding hydrogens is 202 g/mol. The minimum absolute atomic E-state index is 0.0725. The molecule has 0 aromatic rings. The summed E-state index contributed by atoms with van der Waals surface area (Å²) >= 11 is 0. The third kappa shape index (κ3) is 5.08. The molecule has 0 aromatic heterocycles. The third-order valence-corrected chi connectivity index (χ3v) is 2.11. The third-order valence-electron chi connectivity index (χ3n) is 2.11. The van der Waals surface area contributed by atoms with E-state index in [1.807, 2.05) is 0 Å². The van der Waals surface area contributed by atoms with E-state index in [1.54, 1.807) is 13.8 Å². The number of hydrogen-bond donors (Lipinski definition) is 5. The van der Waals surface area contributed by atoms with Crippen molar-refractivity contribution >= 4 is 5.97 Å². The van der Waals surface area contributed by atoms with Crippen molar-refractivity contribution in [3.8, 4) is 0 Å². The van der Waals surface area contributed by atoms with E-state index in [9.17, 15) is 9.90 Å². The number of carbonyl (C=O) groups is 1. The standard InChI is InChI=1S/C9H19NO5/c1-5(2)8(9(14)15)10-3-6(12)7(13)4-11/h5-8,10-13H,3-4H2,1-2H3,(H,14,15)/t6-,7-,8-/m0/s1. The summed E-state index contributed by atoms with van der Waals surface area (Å²) in [5.41, 5.74) is 0. The van der Waals surface area contributed by atoms with Gasteiger partial charge in [-0.3, -0.25) is 4.79 Å². The Balaban J connectivity index is 4.05. The fraction of sp³-hybridized carbons (Fsp3) is 0.889. The molecule has 6 nitrogen and oxygen atoms in total. The lowest BCUT2D eigenvalue weighted by Gasteiger charge is -2.21. The Kier molecular flexibility index (Phi) is 6.42. The van der Waals surface area contributed by atoms with Crippen molar-refractivity contribution in [2.24, 2.45) is 5.92 Å². The van der Waals surface area contributed by atoms with Gasteiger partial charge in [0.2, 0.25) is 0 Å². The van der Waals surface area contributed by atoms with E-state index in [-0.39, 0.29) is 12.5 Å². The van der Waals surface area contributed by atoms with Crippen LogP contribution >= 0.6 is 0 Å². The van der Waals surface area contributed by atoms with Crippen LogP contribution in [0.5, 0.6) is 0 Å². The first-order valence-corrected chi connectivity index (χ1v) is 4.83. The molecule has 0 radical (unpaired) electrons. The molecule has 5 N–H and O–H groups in total. The molecule has 90 valence electrons. The fourth-order valence-electron chi connectivity index (χ4n) is 1.11. The molecule has 0 aliphatic heterocycles. The van der Waals surface area contributed by atoms with E-state index in [2.05, 4.69) is 5.32 Å². The van der Waals surface area contributed by atoms with Gasteiger partial charge in [0.1, 0.15) is 12.1 Å². The molecule has 15 heavy (non-hydrogen) atoms. The molecule has 0 saturated carbocycles. The second-order valence-electron chi connectivity index (χ2n) is 3.79. The molecule has 0 spiro atoms. The predicted molar refractivity (Wildman–Crippen MR) is 53.4 cm³/mol. The first kappa shape index (κ1) is 14.3. The Morgan fingerprint density at radius 3 is 2.13 bits per heavy atom. The van der Waals surface area contributed by atoms with Gasteiger partial charge in [-0.15, -0.1) is 0 Å². The average molecular weight is 221 g/mol. The molecule has 0 unspecified atom stereocenters. The van der Waals surface area contributed by atoms with Crippen LogP contribution in [0, 0.1) is 5.92 Å². The summed E-state index contributed by atoms with van der Waals surface area (Å²) < 4.78 is 0. The molecule has 0 fully saturated rings. The number of carboxylic acid groups (broad SMARTS) is 1. The second-order valence-corrected chi connectivity index (χ2v) is 3.79. The van der Waals surface area contributed by atoms with Crippen LogP contribution in [0.25, 0.3) is 0 Å². The van der Waals surface area contributed by atoms with Crippen molar-refractivity contribution in [2.75, 3.05) is 13.2 Å². The van der Waals surface area contributed by atoms with Crippen molar-refractivity contribution in [1.29, 1.82) is 0 Å². The summed E-state index contributed by atoms with van der Waals surface area (Å²) in [6.07, 6.45) is -2.42. The highest BCUT2D eigenvalue weighted by Gasteiger charge is 2.23. The first-order valence-electron chi connectivity index (χ1n) is 4.83. The molecule has 0 aromatic carbocycles. The summed E-state index contributed by atoms with van der Waals surface area (Å²) in [6.45, 7) is 2.85. The van der Waals surface area contributed by atoms with E-state index in [1.165, 1.54) is 0 Å². The molecule has 0 aliphatic carbocycles. The molecule has 3 atom stereocenters. The SMILES string of the molecule is CC(C)[C@H](NC[C@H](O)[C@@H](O)CO)C(=O)O. The van der Waals surface area contributed by atoms with Crippen LogP contribution in [0.15, 0.2) is 0 Å². The lowest BCUT2D eigenvalue weighted by molar-refractivity contribution is -0.140. The van der Waals surface area contributed by atoms with Gasteiger partial charge in [-0.05, 0) is 5.92 Å². The number of nitrogens with one attached hydrogen (secondary N) is 1. The Morgan fingerprint density at radius 1 is 1.27 bits per heavy atom. The molecule has 0 saturated heterocycles. The van der Waals surface area contributed by atoms with Crippen molar-refractivity contribution in [3.63, 3.8) is 0 Å². The number of hydrogen-bond acceptors (Lipinski definition) is 5. The lowest BCUT2D eigenvalue weighted by atomic mass is 10.0. The van der Waals surface area contributed by atoms with Crippen molar-refractivity contribution in [2.45, 2.75) is 32.1 Å². The summed E-state index contributed by atoms with van der Waals surface area (Å²) in [5, 5.41) is 38.2. The smallest absolute Gasteiger partial charge is 0.320 e. The molecular formula is C9H19NO5. The zero-order chi connectivity index (χ0) is 12.0. The zero-order valence-electron chi connectivity index (χ0n) is 8.92. The second kappa shape index (κ2) is 6.73. The first-order chi connectivity index (χ1) is 6.90. The minimum atomic E-state index is -1.25. The zero-order valence-corrected chi connectivity index (χ0v) is 8.92. The van der Waals surface area contributed by atoms with Crippen LogP contribution in [0.3, 0.4) is 0 Å². The van der Waals surface area contributed by atoms with Gasteiger partial charge in [-0.2, -0.15) is 0 Å². The number of rotatable bonds is 7. The largest absolute Gasteiger partial charge is 0.480 e. The maximum absolute atomic E-state index is 10.7. The van der Waals surface area contributed by atoms with E-state index < -0.39 is 30.8 Å². The Hall–Kier alpha value is -0.690. The highest BCUT2D eigenvalue weighted by atomic mass is 16.4.